The van der Waals surface area contributed by atoms with Crippen LogP contribution in [0.2, 0.25) is 0 Å². The zero-order valence-corrected chi connectivity index (χ0v) is 16.6. The number of furan rings is 1. The molecule has 4 nitrogen and oxygen atoms in total. The van der Waals surface area contributed by atoms with Gasteiger partial charge in [-0.15, -0.1) is 0 Å². The van der Waals surface area contributed by atoms with E-state index in [1.54, 1.807) is 0 Å². The van der Waals surface area contributed by atoms with E-state index in [4.69, 9.17) is 14.5 Å². The van der Waals surface area contributed by atoms with Crippen molar-refractivity contribution in [2.75, 3.05) is 0 Å². The molecule has 0 spiro atoms. The maximum atomic E-state index is 6.26. The number of hydrogen-bond donors (Lipinski definition) is 0. The summed E-state index contributed by atoms with van der Waals surface area (Å²) < 4.78 is 8.21. The summed E-state index contributed by atoms with van der Waals surface area (Å²) in [6.45, 7) is 8.62. The van der Waals surface area contributed by atoms with E-state index < -0.39 is 0 Å². The van der Waals surface area contributed by atoms with E-state index in [-0.39, 0.29) is 0 Å². The van der Waals surface area contributed by atoms with Crippen molar-refractivity contribution in [2.24, 2.45) is 0 Å². The van der Waals surface area contributed by atoms with Gasteiger partial charge in [-0.3, -0.25) is 0 Å². The maximum Gasteiger partial charge on any atom is 0.157 e. The van der Waals surface area contributed by atoms with Gasteiger partial charge in [0.25, 0.3) is 0 Å². The van der Waals surface area contributed by atoms with Crippen LogP contribution in [0.4, 0.5) is 0 Å². The van der Waals surface area contributed by atoms with E-state index in [1.165, 1.54) is 5.56 Å². The van der Waals surface area contributed by atoms with E-state index in [2.05, 4.69) is 32.9 Å². The van der Waals surface area contributed by atoms with Gasteiger partial charge in [-0.1, -0.05) is 44.9 Å². The number of nitrogens with zero attached hydrogens (tertiary/aromatic N) is 3. The minimum Gasteiger partial charge on any atom is -0.456 e. The Morgan fingerprint density at radius 1 is 1.07 bits per heavy atom. The predicted molar refractivity (Wildman–Crippen MR) is 110 cm³/mol. The molecule has 0 saturated carbocycles. The first-order chi connectivity index (χ1) is 13.1. The van der Waals surface area contributed by atoms with Gasteiger partial charge in [0.05, 0.1) is 17.6 Å². The highest BCUT2D eigenvalue weighted by Gasteiger charge is 2.25. The molecule has 3 heterocycles. The molecule has 0 aliphatic rings. The lowest BCUT2D eigenvalue weighted by Crippen LogP contribution is -2.08. The van der Waals surface area contributed by atoms with Crippen LogP contribution in [0.3, 0.4) is 0 Å². The lowest BCUT2D eigenvalue weighted by atomic mass is 9.86. The lowest BCUT2D eigenvalue weighted by Gasteiger charge is -2.20. The van der Waals surface area contributed by atoms with E-state index in [0.29, 0.717) is 5.92 Å². The first-order valence-corrected chi connectivity index (χ1v) is 9.97. The molecule has 4 heteroatoms. The number of benzene rings is 1. The van der Waals surface area contributed by atoms with E-state index in [0.717, 1.165) is 65.0 Å². The second-order valence-corrected chi connectivity index (χ2v) is 7.45. The molecule has 0 atom stereocenters. The summed E-state index contributed by atoms with van der Waals surface area (Å²) in [5, 5.41) is 5.93. The van der Waals surface area contributed by atoms with Crippen molar-refractivity contribution < 1.29 is 4.42 Å². The zero-order valence-electron chi connectivity index (χ0n) is 16.6. The monoisotopic (exact) mass is 361 g/mol. The Morgan fingerprint density at radius 3 is 2.52 bits per heavy atom. The van der Waals surface area contributed by atoms with Gasteiger partial charge in [0, 0.05) is 16.5 Å². The third-order valence-electron chi connectivity index (χ3n) is 5.29. The standard InChI is InChI=1S/C23H27N3O/c1-5-9-17(10-6-2)22-21(16(4)25-26-14-15(3)24-23(22)26)20-13-18-11-7-8-12-19(18)27-20/h7-8,11-14,17H,5-6,9-10H2,1-4H3. The molecular weight excluding hydrogens is 334 g/mol. The van der Waals surface area contributed by atoms with Crippen LogP contribution in [-0.2, 0) is 0 Å². The predicted octanol–water partition coefficient (Wildman–Crippen LogP) is 6.44. The van der Waals surface area contributed by atoms with Crippen LogP contribution in [0.1, 0.15) is 62.4 Å². The quantitative estimate of drug-likeness (QED) is 0.397. The van der Waals surface area contributed by atoms with Crippen molar-refractivity contribution in [1.82, 2.24) is 14.6 Å². The number of hydrogen-bond acceptors (Lipinski definition) is 3. The van der Waals surface area contributed by atoms with Gasteiger partial charge in [0.15, 0.2) is 5.65 Å². The first kappa shape index (κ1) is 17.8. The van der Waals surface area contributed by atoms with Crippen molar-refractivity contribution >= 4 is 16.6 Å². The van der Waals surface area contributed by atoms with Crippen LogP contribution in [0.5, 0.6) is 0 Å². The highest BCUT2D eigenvalue weighted by atomic mass is 16.3. The molecule has 140 valence electrons. The van der Waals surface area contributed by atoms with Crippen LogP contribution >= 0.6 is 0 Å². The Labute approximate surface area is 160 Å². The van der Waals surface area contributed by atoms with Crippen LogP contribution < -0.4 is 0 Å². The van der Waals surface area contributed by atoms with Gasteiger partial charge in [0.1, 0.15) is 11.3 Å². The highest BCUT2D eigenvalue weighted by molar-refractivity contribution is 5.85. The summed E-state index contributed by atoms with van der Waals surface area (Å²) >= 11 is 0. The molecule has 0 fully saturated rings. The molecule has 1 aromatic carbocycles. The fourth-order valence-corrected chi connectivity index (χ4v) is 4.20. The molecule has 0 aliphatic heterocycles. The van der Waals surface area contributed by atoms with Crippen molar-refractivity contribution in [3.63, 3.8) is 0 Å². The van der Waals surface area contributed by atoms with Gasteiger partial charge in [-0.05, 0) is 44.7 Å². The van der Waals surface area contributed by atoms with Gasteiger partial charge in [0.2, 0.25) is 0 Å². The molecule has 0 saturated heterocycles. The number of rotatable bonds is 6. The van der Waals surface area contributed by atoms with Gasteiger partial charge < -0.3 is 4.42 Å². The summed E-state index contributed by atoms with van der Waals surface area (Å²) in [5.74, 6) is 1.35. The summed E-state index contributed by atoms with van der Waals surface area (Å²) in [5.41, 5.74) is 6.29. The minimum absolute atomic E-state index is 0.453. The number of imidazole rings is 1. The zero-order chi connectivity index (χ0) is 19.0. The third kappa shape index (κ3) is 3.14. The van der Waals surface area contributed by atoms with Crippen LogP contribution in [0.15, 0.2) is 40.9 Å². The largest absolute Gasteiger partial charge is 0.456 e. The SMILES string of the molecule is CCCC(CCC)c1c(-c2cc3ccccc3o2)c(C)nn2cc(C)nc12. The molecule has 4 rings (SSSR count). The second-order valence-electron chi connectivity index (χ2n) is 7.45. The number of para-hydroxylation sites is 1. The first-order valence-electron chi connectivity index (χ1n) is 9.97. The van der Waals surface area contributed by atoms with E-state index in [1.807, 2.05) is 35.8 Å². The summed E-state index contributed by atoms with van der Waals surface area (Å²) in [4.78, 5) is 4.84. The Hall–Kier alpha value is -2.62. The summed E-state index contributed by atoms with van der Waals surface area (Å²) in [6.07, 6.45) is 6.61. The molecule has 0 N–H and O–H groups in total. The van der Waals surface area contributed by atoms with Crippen LogP contribution in [0.25, 0.3) is 27.9 Å². The smallest absolute Gasteiger partial charge is 0.157 e. The topological polar surface area (TPSA) is 43.3 Å². The third-order valence-corrected chi connectivity index (χ3v) is 5.29. The molecule has 0 radical (unpaired) electrons. The summed E-state index contributed by atoms with van der Waals surface area (Å²) in [7, 11) is 0. The normalized spacial score (nSPS) is 11.9. The molecule has 27 heavy (non-hydrogen) atoms. The molecule has 0 aliphatic carbocycles. The maximum absolute atomic E-state index is 6.26. The Kier molecular flexibility index (Phi) is 4.73. The van der Waals surface area contributed by atoms with Crippen LogP contribution in [-0.4, -0.2) is 14.6 Å². The Balaban J connectivity index is 2.02. The van der Waals surface area contributed by atoms with Crippen molar-refractivity contribution in [1.29, 1.82) is 0 Å². The number of aromatic nitrogens is 3. The van der Waals surface area contributed by atoms with Gasteiger partial charge in [-0.2, -0.15) is 5.10 Å². The lowest BCUT2D eigenvalue weighted by molar-refractivity contribution is 0.557. The second kappa shape index (κ2) is 7.18. The Morgan fingerprint density at radius 2 is 1.81 bits per heavy atom. The molecule has 0 unspecified atom stereocenters. The number of aryl methyl sites for hydroxylation is 2. The number of fused-ring (bicyclic) bond motifs is 2. The van der Waals surface area contributed by atoms with Crippen molar-refractivity contribution in [2.45, 2.75) is 59.3 Å². The average Bonchev–Trinajstić information content (AvgIpc) is 3.22. The van der Waals surface area contributed by atoms with Crippen molar-refractivity contribution in [3.05, 3.63) is 53.5 Å². The Bertz CT molecular complexity index is 1050. The molecule has 0 bridgehead atoms. The fraction of sp³-hybridized carbons (Fsp3) is 0.391. The van der Waals surface area contributed by atoms with E-state index in [9.17, 15) is 0 Å². The fourth-order valence-electron chi connectivity index (χ4n) is 4.20. The average molecular weight is 361 g/mol. The van der Waals surface area contributed by atoms with Crippen LogP contribution in [0, 0.1) is 13.8 Å². The molecular formula is C23H27N3O. The van der Waals surface area contributed by atoms with E-state index >= 15 is 0 Å². The molecule has 0 amide bonds. The molecule has 4 aromatic rings. The summed E-state index contributed by atoms with van der Waals surface area (Å²) in [6, 6.07) is 10.3. The van der Waals surface area contributed by atoms with Gasteiger partial charge in [-0.25, -0.2) is 9.50 Å². The minimum atomic E-state index is 0.453. The van der Waals surface area contributed by atoms with Gasteiger partial charge >= 0.3 is 0 Å². The highest BCUT2D eigenvalue weighted by Crippen LogP contribution is 2.40. The van der Waals surface area contributed by atoms with Crippen molar-refractivity contribution in [3.8, 4) is 11.3 Å². The molecule has 3 aromatic heterocycles.